The quantitative estimate of drug-likeness (QED) is 0.584. The molecule has 1 amide bonds. The fraction of sp³-hybridized carbons (Fsp3) is 0.360. The number of hydrogen-bond donors (Lipinski definition) is 1. The molecule has 2 heterocycles. The molecule has 0 spiro atoms. The molecule has 1 saturated heterocycles. The van der Waals surface area contributed by atoms with Crippen molar-refractivity contribution in [1.29, 1.82) is 0 Å². The zero-order valence-electron chi connectivity index (χ0n) is 18.7. The maximum Gasteiger partial charge on any atom is 0.243 e. The van der Waals surface area contributed by atoms with Gasteiger partial charge in [-0.05, 0) is 61.9 Å². The molecule has 34 heavy (non-hydrogen) atoms. The Kier molecular flexibility index (Phi) is 6.22. The number of halogens is 1. The normalized spacial score (nSPS) is 20.7. The van der Waals surface area contributed by atoms with Crippen molar-refractivity contribution < 1.29 is 17.6 Å². The van der Waals surface area contributed by atoms with E-state index in [2.05, 4.69) is 22.5 Å². The number of benzene rings is 2. The average Bonchev–Trinajstić information content (AvgIpc) is 3.49. The summed E-state index contributed by atoms with van der Waals surface area (Å²) in [6.45, 7) is 0.936. The third-order valence-corrected chi connectivity index (χ3v) is 8.60. The molecule has 178 valence electrons. The number of carbonyl (C=O) groups excluding carboxylic acids is 1. The lowest BCUT2D eigenvalue weighted by Gasteiger charge is -2.28. The van der Waals surface area contributed by atoms with Crippen molar-refractivity contribution in [1.82, 2.24) is 19.4 Å². The molecule has 1 N–H and O–H groups in total. The van der Waals surface area contributed by atoms with E-state index in [1.54, 1.807) is 0 Å². The van der Waals surface area contributed by atoms with Gasteiger partial charge in [0.05, 0.1) is 23.7 Å². The van der Waals surface area contributed by atoms with Crippen molar-refractivity contribution in [3.8, 4) is 0 Å². The molecular weight excluding hydrogens is 455 g/mol. The highest BCUT2D eigenvalue weighted by Gasteiger charge is 2.40. The maximum atomic E-state index is 13.3. The van der Waals surface area contributed by atoms with E-state index >= 15 is 0 Å². The van der Waals surface area contributed by atoms with E-state index in [1.165, 1.54) is 16.4 Å². The van der Waals surface area contributed by atoms with E-state index in [-0.39, 0.29) is 23.4 Å². The molecule has 2 aromatic carbocycles. The zero-order chi connectivity index (χ0) is 23.7. The minimum Gasteiger partial charge on any atom is -0.348 e. The largest absolute Gasteiger partial charge is 0.348 e. The van der Waals surface area contributed by atoms with Crippen LogP contribution in [0, 0.1) is 5.82 Å². The second kappa shape index (κ2) is 9.31. The van der Waals surface area contributed by atoms with Crippen molar-refractivity contribution in [2.24, 2.45) is 0 Å². The Labute approximate surface area is 198 Å². The van der Waals surface area contributed by atoms with Crippen LogP contribution in [0.4, 0.5) is 4.39 Å². The van der Waals surface area contributed by atoms with Crippen LogP contribution in [0.15, 0.2) is 65.7 Å². The van der Waals surface area contributed by atoms with E-state index in [1.807, 2.05) is 29.1 Å². The first-order valence-corrected chi connectivity index (χ1v) is 13.0. The van der Waals surface area contributed by atoms with Gasteiger partial charge in [0, 0.05) is 17.8 Å². The van der Waals surface area contributed by atoms with Gasteiger partial charge >= 0.3 is 0 Å². The van der Waals surface area contributed by atoms with Crippen molar-refractivity contribution in [2.75, 3.05) is 6.54 Å². The molecule has 1 aromatic heterocycles. The smallest absolute Gasteiger partial charge is 0.243 e. The summed E-state index contributed by atoms with van der Waals surface area (Å²) >= 11 is 0. The Balaban J connectivity index is 1.32. The molecule has 1 aliphatic heterocycles. The molecule has 0 unspecified atom stereocenters. The Morgan fingerprint density at radius 3 is 2.59 bits per heavy atom. The van der Waals surface area contributed by atoms with Crippen molar-refractivity contribution in [3.05, 3.63) is 83.4 Å². The van der Waals surface area contributed by atoms with Crippen LogP contribution in [-0.4, -0.2) is 41.0 Å². The Bertz CT molecular complexity index is 1280. The predicted octanol–water partition coefficient (Wildman–Crippen LogP) is 3.42. The molecule has 0 radical (unpaired) electrons. The second-order valence-corrected chi connectivity index (χ2v) is 10.8. The summed E-state index contributed by atoms with van der Waals surface area (Å²) in [5, 5.41) is 7.68. The number of nitrogens with zero attached hydrogens (tertiary/aromatic N) is 3. The van der Waals surface area contributed by atoms with Gasteiger partial charge in [0.2, 0.25) is 15.9 Å². The van der Waals surface area contributed by atoms with Crippen LogP contribution in [0.25, 0.3) is 0 Å². The molecule has 9 heteroatoms. The molecule has 5 rings (SSSR count). The SMILES string of the molecule is O=C(N[C@@H]1CCCc2c1cnn2Cc1ccccc1)[C@@H]1CCCN1S(=O)(=O)c1ccc(F)cc1. The molecule has 3 aromatic rings. The van der Waals surface area contributed by atoms with E-state index in [0.29, 0.717) is 19.4 Å². The first kappa shape index (κ1) is 22.7. The second-order valence-electron chi connectivity index (χ2n) is 8.87. The minimum absolute atomic E-state index is 0.00394. The number of carbonyl (C=O) groups is 1. The highest BCUT2D eigenvalue weighted by Crippen LogP contribution is 2.32. The first-order chi connectivity index (χ1) is 16.4. The van der Waals surface area contributed by atoms with Gasteiger partial charge in [-0.2, -0.15) is 9.40 Å². The Hall–Kier alpha value is -3.04. The van der Waals surface area contributed by atoms with Crippen LogP contribution in [0.3, 0.4) is 0 Å². The molecule has 1 fully saturated rings. The van der Waals surface area contributed by atoms with Crippen LogP contribution in [0.1, 0.15) is 48.5 Å². The van der Waals surface area contributed by atoms with E-state index in [9.17, 15) is 17.6 Å². The van der Waals surface area contributed by atoms with E-state index in [0.717, 1.165) is 48.2 Å². The number of hydrogen-bond acceptors (Lipinski definition) is 4. The monoisotopic (exact) mass is 482 g/mol. The number of amides is 1. The molecule has 0 bridgehead atoms. The number of fused-ring (bicyclic) bond motifs is 1. The first-order valence-electron chi connectivity index (χ1n) is 11.6. The lowest BCUT2D eigenvalue weighted by atomic mass is 9.92. The highest BCUT2D eigenvalue weighted by molar-refractivity contribution is 7.89. The third kappa shape index (κ3) is 4.37. The van der Waals surface area contributed by atoms with Crippen LogP contribution in [0.2, 0.25) is 0 Å². The standard InChI is InChI=1S/C25H27FN4O3S/c26-19-11-13-20(14-12-19)34(32,33)30-15-5-10-24(30)25(31)28-22-8-4-9-23-21(22)16-27-29(23)17-18-6-2-1-3-7-18/h1-3,6-7,11-14,16,22,24H,4-5,8-10,15,17H2,(H,28,31)/t22-,24+/m1/s1. The summed E-state index contributed by atoms with van der Waals surface area (Å²) in [4.78, 5) is 13.3. The van der Waals surface area contributed by atoms with Gasteiger partial charge in [0.1, 0.15) is 11.9 Å². The molecule has 1 aliphatic carbocycles. The Morgan fingerprint density at radius 1 is 1.06 bits per heavy atom. The van der Waals surface area contributed by atoms with Crippen molar-refractivity contribution in [2.45, 2.75) is 55.6 Å². The van der Waals surface area contributed by atoms with Gasteiger partial charge in [-0.25, -0.2) is 12.8 Å². The van der Waals surface area contributed by atoms with Gasteiger partial charge in [-0.3, -0.25) is 9.48 Å². The van der Waals surface area contributed by atoms with Crippen molar-refractivity contribution >= 4 is 15.9 Å². The van der Waals surface area contributed by atoms with Crippen LogP contribution in [0.5, 0.6) is 0 Å². The van der Waals surface area contributed by atoms with Gasteiger partial charge in [0.15, 0.2) is 0 Å². The fourth-order valence-electron chi connectivity index (χ4n) is 4.96. The van der Waals surface area contributed by atoms with Gasteiger partial charge in [-0.1, -0.05) is 30.3 Å². The van der Waals surface area contributed by atoms with E-state index < -0.39 is 21.9 Å². The lowest BCUT2D eigenvalue weighted by Crippen LogP contribution is -2.47. The number of sulfonamides is 1. The molecule has 0 saturated carbocycles. The van der Waals surface area contributed by atoms with Gasteiger partial charge < -0.3 is 5.32 Å². The molecule has 2 atom stereocenters. The summed E-state index contributed by atoms with van der Waals surface area (Å²) in [5.74, 6) is -0.799. The fourth-order valence-corrected chi connectivity index (χ4v) is 6.62. The summed E-state index contributed by atoms with van der Waals surface area (Å²) in [5.41, 5.74) is 3.27. The van der Waals surface area contributed by atoms with Crippen LogP contribution < -0.4 is 5.32 Å². The topological polar surface area (TPSA) is 84.3 Å². The van der Waals surface area contributed by atoms with Crippen LogP contribution >= 0.6 is 0 Å². The average molecular weight is 483 g/mol. The van der Waals surface area contributed by atoms with Crippen LogP contribution in [-0.2, 0) is 27.8 Å². The summed E-state index contributed by atoms with van der Waals surface area (Å²) in [6, 6.07) is 13.9. The zero-order valence-corrected chi connectivity index (χ0v) is 19.5. The minimum atomic E-state index is -3.89. The highest BCUT2D eigenvalue weighted by atomic mass is 32.2. The summed E-state index contributed by atoms with van der Waals surface area (Å²) in [7, 11) is -3.89. The van der Waals surface area contributed by atoms with Crippen molar-refractivity contribution in [3.63, 3.8) is 0 Å². The molecular formula is C25H27FN4O3S. The summed E-state index contributed by atoms with van der Waals surface area (Å²) in [6.07, 6.45) is 5.48. The number of rotatable bonds is 6. The third-order valence-electron chi connectivity index (χ3n) is 6.68. The van der Waals surface area contributed by atoms with Gasteiger partial charge in [-0.15, -0.1) is 0 Å². The molecule has 2 aliphatic rings. The van der Waals surface area contributed by atoms with Gasteiger partial charge in [0.25, 0.3) is 0 Å². The number of aromatic nitrogens is 2. The number of nitrogens with one attached hydrogen (secondary N) is 1. The van der Waals surface area contributed by atoms with E-state index in [4.69, 9.17) is 0 Å². The lowest BCUT2D eigenvalue weighted by molar-refractivity contribution is -0.125. The Morgan fingerprint density at radius 2 is 1.82 bits per heavy atom. The maximum absolute atomic E-state index is 13.3. The summed E-state index contributed by atoms with van der Waals surface area (Å²) < 4.78 is 42.8. The predicted molar refractivity (Wildman–Crippen MR) is 125 cm³/mol. The molecule has 7 nitrogen and oxygen atoms in total.